The Bertz CT molecular complexity index is 1380. The van der Waals surface area contributed by atoms with Crippen LogP contribution in [0.5, 0.6) is 0 Å². The first-order chi connectivity index (χ1) is 19.5. The maximum atomic E-state index is 12.6. The second kappa shape index (κ2) is 13.2. The number of carbonyl (C=O) groups excluding carboxylic acids is 1. The summed E-state index contributed by atoms with van der Waals surface area (Å²) in [6.07, 6.45) is 1.42. The van der Waals surface area contributed by atoms with E-state index in [1.54, 1.807) is 4.57 Å². The van der Waals surface area contributed by atoms with Crippen molar-refractivity contribution in [2.75, 3.05) is 59.5 Å². The molecule has 1 aromatic heterocycles. The van der Waals surface area contributed by atoms with Gasteiger partial charge in [0.1, 0.15) is 6.04 Å². The largest absolute Gasteiger partial charge is 0.419 e. The molecule has 0 saturated carbocycles. The van der Waals surface area contributed by atoms with Crippen LogP contribution in [0, 0.1) is 11.3 Å². The van der Waals surface area contributed by atoms with Gasteiger partial charge >= 0.3 is 5.76 Å². The van der Waals surface area contributed by atoms with E-state index >= 15 is 0 Å². The molecule has 3 heterocycles. The van der Waals surface area contributed by atoms with Crippen LogP contribution in [-0.4, -0.2) is 91.9 Å². The molecule has 10 nitrogen and oxygen atoms in total. The van der Waals surface area contributed by atoms with E-state index in [-0.39, 0.29) is 24.2 Å². The van der Waals surface area contributed by atoms with E-state index in [1.165, 1.54) is 0 Å². The SMILES string of the molecule is CN1CCN(CCn2c(=O)oc3ccc(-c4ccc(C[C@@H](C#N)NC(=O)C[C@@H]5CNCCCO5)cc4)cc32)CC1. The monoisotopic (exact) mass is 546 g/mol. The molecule has 10 heteroatoms. The van der Waals surface area contributed by atoms with Gasteiger partial charge in [0, 0.05) is 58.8 Å². The van der Waals surface area contributed by atoms with E-state index in [2.05, 4.69) is 33.6 Å². The van der Waals surface area contributed by atoms with E-state index in [4.69, 9.17) is 9.15 Å². The molecule has 0 spiro atoms. The Balaban J connectivity index is 1.21. The third-order valence-corrected chi connectivity index (χ3v) is 7.76. The standard InChI is InChI=1S/C30H38N6O4/c1-34-10-12-35(13-11-34)14-15-36-27-18-24(7-8-28(27)40-30(36)38)23-5-3-22(4-6-23)17-25(20-31)33-29(37)19-26-21-32-9-2-16-39-26/h3-8,18,25-26,32H,2,9-17,19,21H2,1H3,(H,33,37)/t25-,26+/m0/s1. The molecule has 0 radical (unpaired) electrons. The summed E-state index contributed by atoms with van der Waals surface area (Å²) in [6, 6.07) is 15.4. The highest BCUT2D eigenvalue weighted by atomic mass is 16.5. The first kappa shape index (κ1) is 28.1. The number of carbonyl (C=O) groups is 1. The second-order valence-corrected chi connectivity index (χ2v) is 10.8. The summed E-state index contributed by atoms with van der Waals surface area (Å²) in [4.78, 5) is 29.8. The summed E-state index contributed by atoms with van der Waals surface area (Å²) in [6.45, 7) is 7.64. The third kappa shape index (κ3) is 7.17. The van der Waals surface area contributed by atoms with E-state index < -0.39 is 6.04 Å². The summed E-state index contributed by atoms with van der Waals surface area (Å²) in [5, 5.41) is 15.7. The molecule has 2 N–H and O–H groups in total. The fourth-order valence-corrected chi connectivity index (χ4v) is 5.32. The van der Waals surface area contributed by atoms with Gasteiger partial charge in [-0.25, -0.2) is 4.79 Å². The Hall–Kier alpha value is -3.49. The molecule has 2 atom stereocenters. The zero-order chi connectivity index (χ0) is 27.9. The number of aromatic nitrogens is 1. The van der Waals surface area contributed by atoms with Crippen LogP contribution >= 0.6 is 0 Å². The molecule has 0 unspecified atom stereocenters. The van der Waals surface area contributed by atoms with Crippen molar-refractivity contribution in [1.82, 2.24) is 25.0 Å². The van der Waals surface area contributed by atoms with Crippen molar-refractivity contribution in [2.24, 2.45) is 0 Å². The number of fused-ring (bicyclic) bond motifs is 1. The molecule has 40 heavy (non-hydrogen) atoms. The van der Waals surface area contributed by atoms with Crippen molar-refractivity contribution in [2.45, 2.75) is 38.0 Å². The number of oxazole rings is 1. The van der Waals surface area contributed by atoms with Crippen LogP contribution in [0.4, 0.5) is 0 Å². The predicted octanol–water partition coefficient (Wildman–Crippen LogP) is 1.83. The first-order valence-electron chi connectivity index (χ1n) is 14.1. The lowest BCUT2D eigenvalue weighted by molar-refractivity contribution is -0.124. The van der Waals surface area contributed by atoms with Crippen molar-refractivity contribution < 1.29 is 13.9 Å². The van der Waals surface area contributed by atoms with E-state index in [0.29, 0.717) is 31.7 Å². The number of likely N-dealkylation sites (N-methyl/N-ethyl adjacent to an activating group) is 1. The van der Waals surface area contributed by atoms with Gasteiger partial charge in [-0.3, -0.25) is 14.3 Å². The Morgan fingerprint density at radius 3 is 2.67 bits per heavy atom. The van der Waals surface area contributed by atoms with Crippen molar-refractivity contribution in [3.8, 4) is 17.2 Å². The number of piperazine rings is 1. The number of ether oxygens (including phenoxy) is 1. The molecule has 0 bridgehead atoms. The molecule has 3 aromatic rings. The van der Waals surface area contributed by atoms with E-state index in [9.17, 15) is 14.9 Å². The Kier molecular flexibility index (Phi) is 9.29. The zero-order valence-corrected chi connectivity index (χ0v) is 23.1. The molecule has 2 aliphatic rings. The minimum Gasteiger partial charge on any atom is -0.408 e. The van der Waals surface area contributed by atoms with Gasteiger partial charge in [0.25, 0.3) is 0 Å². The molecule has 2 saturated heterocycles. The topological polar surface area (TPSA) is 116 Å². The molecule has 2 aliphatic heterocycles. The molecule has 2 aromatic carbocycles. The number of rotatable bonds is 9. The lowest BCUT2D eigenvalue weighted by Gasteiger charge is -2.32. The smallest absolute Gasteiger partial charge is 0.408 e. The van der Waals surface area contributed by atoms with Gasteiger partial charge in [-0.1, -0.05) is 30.3 Å². The summed E-state index contributed by atoms with van der Waals surface area (Å²) in [5.74, 6) is -0.507. The number of amides is 1. The van der Waals surface area contributed by atoms with Crippen LogP contribution in [-0.2, 0) is 22.5 Å². The zero-order valence-electron chi connectivity index (χ0n) is 23.1. The number of benzene rings is 2. The van der Waals surface area contributed by atoms with Gasteiger partial charge in [-0.2, -0.15) is 5.26 Å². The summed E-state index contributed by atoms with van der Waals surface area (Å²) in [7, 11) is 2.13. The normalized spacial score (nSPS) is 19.6. The highest BCUT2D eigenvalue weighted by Crippen LogP contribution is 2.25. The van der Waals surface area contributed by atoms with Crippen LogP contribution in [0.25, 0.3) is 22.2 Å². The quantitative estimate of drug-likeness (QED) is 0.418. The van der Waals surface area contributed by atoms with E-state index in [1.807, 2.05) is 42.5 Å². The van der Waals surface area contributed by atoms with Crippen molar-refractivity contribution in [3.63, 3.8) is 0 Å². The van der Waals surface area contributed by atoms with Gasteiger partial charge in [0.15, 0.2) is 5.58 Å². The van der Waals surface area contributed by atoms with Crippen LogP contribution in [0.1, 0.15) is 18.4 Å². The molecular formula is C30H38N6O4. The molecule has 212 valence electrons. The average Bonchev–Trinajstić information content (AvgIpc) is 3.09. The van der Waals surface area contributed by atoms with Crippen molar-refractivity contribution in [3.05, 3.63) is 58.6 Å². The number of nitriles is 1. The van der Waals surface area contributed by atoms with Crippen LogP contribution < -0.4 is 16.4 Å². The van der Waals surface area contributed by atoms with Crippen LogP contribution in [0.15, 0.2) is 51.7 Å². The summed E-state index contributed by atoms with van der Waals surface area (Å²) >= 11 is 0. The van der Waals surface area contributed by atoms with Gasteiger partial charge in [-0.05, 0) is 48.8 Å². The van der Waals surface area contributed by atoms with Gasteiger partial charge in [0.05, 0.1) is 24.1 Å². The molecule has 0 aliphatic carbocycles. The molecular weight excluding hydrogens is 508 g/mol. The highest BCUT2D eigenvalue weighted by molar-refractivity contribution is 5.81. The maximum absolute atomic E-state index is 12.6. The second-order valence-electron chi connectivity index (χ2n) is 10.8. The lowest BCUT2D eigenvalue weighted by atomic mass is 10.0. The average molecular weight is 547 g/mol. The van der Waals surface area contributed by atoms with Crippen molar-refractivity contribution in [1.29, 1.82) is 5.26 Å². The van der Waals surface area contributed by atoms with Crippen LogP contribution in [0.3, 0.4) is 0 Å². The summed E-state index contributed by atoms with van der Waals surface area (Å²) in [5.41, 5.74) is 4.31. The Morgan fingerprint density at radius 2 is 1.90 bits per heavy atom. The Labute approximate surface area is 234 Å². The van der Waals surface area contributed by atoms with E-state index in [0.717, 1.165) is 67.9 Å². The minimum absolute atomic E-state index is 0.170. The van der Waals surface area contributed by atoms with Gasteiger partial charge < -0.3 is 24.7 Å². The lowest BCUT2D eigenvalue weighted by Crippen LogP contribution is -2.45. The maximum Gasteiger partial charge on any atom is 0.419 e. The summed E-state index contributed by atoms with van der Waals surface area (Å²) < 4.78 is 12.9. The number of nitrogens with zero attached hydrogens (tertiary/aromatic N) is 4. The number of hydrogen-bond donors (Lipinski definition) is 2. The third-order valence-electron chi connectivity index (χ3n) is 7.76. The van der Waals surface area contributed by atoms with Gasteiger partial charge in [-0.15, -0.1) is 0 Å². The molecule has 5 rings (SSSR count). The predicted molar refractivity (Wildman–Crippen MR) is 153 cm³/mol. The highest BCUT2D eigenvalue weighted by Gasteiger charge is 2.20. The molecule has 1 amide bonds. The number of nitrogens with one attached hydrogen (secondary N) is 2. The molecule has 2 fully saturated rings. The fourth-order valence-electron chi connectivity index (χ4n) is 5.32. The number of hydrogen-bond acceptors (Lipinski definition) is 8. The van der Waals surface area contributed by atoms with Gasteiger partial charge in [0.2, 0.25) is 5.91 Å². The Morgan fingerprint density at radius 1 is 1.12 bits per heavy atom. The van der Waals surface area contributed by atoms with Crippen LogP contribution in [0.2, 0.25) is 0 Å². The fraction of sp³-hybridized carbons (Fsp3) is 0.500. The first-order valence-corrected chi connectivity index (χ1v) is 14.1. The minimum atomic E-state index is -0.617. The van der Waals surface area contributed by atoms with Crippen molar-refractivity contribution >= 4 is 17.0 Å².